The van der Waals surface area contributed by atoms with E-state index in [-0.39, 0.29) is 0 Å². The first-order valence-electron chi connectivity index (χ1n) is 2.86. The topological polar surface area (TPSA) is 80.5 Å². The monoisotopic (exact) mass is 137 g/mol. The Hall–Kier alpha value is -1.57. The van der Waals surface area contributed by atoms with Crippen LogP contribution in [0.2, 0.25) is 0 Å². The summed E-state index contributed by atoms with van der Waals surface area (Å²) in [6.45, 7) is 0. The fraction of sp³-hybridized carbons (Fsp3) is 0.400. The number of nitriles is 1. The van der Waals surface area contributed by atoms with E-state index in [1.54, 1.807) is 6.20 Å². The molecule has 0 saturated carbocycles. The molecule has 0 atom stereocenters. The van der Waals surface area contributed by atoms with Crippen molar-refractivity contribution in [2.24, 2.45) is 0 Å². The second kappa shape index (κ2) is 2.82. The highest BCUT2D eigenvalue weighted by atomic mass is 15.6. The predicted octanol–water partition coefficient (Wildman–Crippen LogP) is -0.552. The van der Waals surface area contributed by atoms with Gasteiger partial charge in [0.05, 0.1) is 18.0 Å². The Kier molecular flexibility index (Phi) is 1.85. The maximum atomic E-state index is 8.20. The Balaban J connectivity index is 2.52. The van der Waals surface area contributed by atoms with Gasteiger partial charge in [-0.15, -0.1) is 10.2 Å². The van der Waals surface area contributed by atoms with Crippen molar-refractivity contribution in [1.29, 1.82) is 5.26 Å². The first kappa shape index (κ1) is 6.55. The molecule has 0 unspecified atom stereocenters. The Morgan fingerprint density at radius 3 is 3.10 bits per heavy atom. The highest BCUT2D eigenvalue weighted by Crippen LogP contribution is 1.93. The van der Waals surface area contributed by atoms with E-state index < -0.39 is 0 Å². The fourth-order valence-electron chi connectivity index (χ4n) is 0.608. The Morgan fingerprint density at radius 1 is 1.80 bits per heavy atom. The number of rotatable bonds is 2. The summed E-state index contributed by atoms with van der Waals surface area (Å²) >= 11 is 0. The first-order chi connectivity index (χ1) is 4.83. The first-order valence-corrected chi connectivity index (χ1v) is 2.86. The normalized spacial score (nSPS) is 9.10. The molecule has 0 aliphatic rings. The third-order valence-corrected chi connectivity index (χ3v) is 1.05. The lowest BCUT2D eigenvalue weighted by atomic mass is 10.3. The molecule has 1 rings (SSSR count). The fourth-order valence-corrected chi connectivity index (χ4v) is 0.608. The third-order valence-electron chi connectivity index (χ3n) is 1.05. The summed E-state index contributed by atoms with van der Waals surface area (Å²) in [5.74, 6) is 5.16. The molecular formula is C5H7N5. The Morgan fingerprint density at radius 2 is 2.60 bits per heavy atom. The number of nitrogen functional groups attached to an aromatic ring is 1. The SMILES string of the molecule is N#CCCc1cnn(N)n1. The van der Waals surface area contributed by atoms with Crippen molar-refractivity contribution in [3.63, 3.8) is 0 Å². The summed E-state index contributed by atoms with van der Waals surface area (Å²) < 4.78 is 0. The average Bonchev–Trinajstić information content (AvgIpc) is 2.31. The van der Waals surface area contributed by atoms with Gasteiger partial charge in [0.2, 0.25) is 0 Å². The lowest BCUT2D eigenvalue weighted by Gasteiger charge is -1.84. The molecule has 52 valence electrons. The van der Waals surface area contributed by atoms with E-state index in [1.807, 2.05) is 6.07 Å². The molecule has 1 aromatic heterocycles. The zero-order valence-electron chi connectivity index (χ0n) is 5.36. The number of aryl methyl sites for hydroxylation is 1. The van der Waals surface area contributed by atoms with Crippen LogP contribution in [0, 0.1) is 11.3 Å². The second-order valence-corrected chi connectivity index (χ2v) is 1.81. The van der Waals surface area contributed by atoms with Crippen LogP contribution in [-0.4, -0.2) is 15.1 Å². The summed E-state index contributed by atoms with van der Waals surface area (Å²) in [7, 11) is 0. The van der Waals surface area contributed by atoms with E-state index in [2.05, 4.69) is 10.2 Å². The molecule has 0 saturated heterocycles. The van der Waals surface area contributed by atoms with Gasteiger partial charge in [0.1, 0.15) is 0 Å². The quantitative estimate of drug-likeness (QED) is 0.554. The standard InChI is InChI=1S/C5H7N5/c6-3-1-2-5-4-8-10(7)9-5/h4H,1-2,7H2. The van der Waals surface area contributed by atoms with E-state index in [4.69, 9.17) is 11.1 Å². The van der Waals surface area contributed by atoms with Crippen LogP contribution in [-0.2, 0) is 6.42 Å². The Labute approximate surface area is 58.0 Å². The lowest BCUT2D eigenvalue weighted by molar-refractivity contribution is 0.695. The van der Waals surface area contributed by atoms with Gasteiger partial charge in [-0.05, 0) is 0 Å². The van der Waals surface area contributed by atoms with Crippen LogP contribution in [0.5, 0.6) is 0 Å². The minimum atomic E-state index is 0.457. The van der Waals surface area contributed by atoms with Gasteiger partial charge in [-0.3, -0.25) is 0 Å². The van der Waals surface area contributed by atoms with Crippen molar-refractivity contribution in [2.45, 2.75) is 12.8 Å². The number of hydrogen-bond donors (Lipinski definition) is 1. The third kappa shape index (κ3) is 1.45. The molecule has 0 fully saturated rings. The van der Waals surface area contributed by atoms with Crippen LogP contribution < -0.4 is 5.84 Å². The molecule has 0 aliphatic carbocycles. The van der Waals surface area contributed by atoms with E-state index in [0.29, 0.717) is 12.8 Å². The van der Waals surface area contributed by atoms with E-state index in [9.17, 15) is 0 Å². The summed E-state index contributed by atoms with van der Waals surface area (Å²) in [6.07, 6.45) is 2.63. The van der Waals surface area contributed by atoms with E-state index in [1.165, 1.54) is 0 Å². The van der Waals surface area contributed by atoms with Crippen LogP contribution in [0.1, 0.15) is 12.1 Å². The van der Waals surface area contributed by atoms with Crippen molar-refractivity contribution < 1.29 is 0 Å². The summed E-state index contributed by atoms with van der Waals surface area (Å²) in [5, 5.41) is 15.6. The van der Waals surface area contributed by atoms with Crippen LogP contribution in [0.25, 0.3) is 0 Å². The van der Waals surface area contributed by atoms with Crippen molar-refractivity contribution >= 4 is 0 Å². The Bertz CT molecular complexity index is 245. The van der Waals surface area contributed by atoms with Gasteiger partial charge in [0.15, 0.2) is 0 Å². The molecule has 1 heterocycles. The molecule has 2 N–H and O–H groups in total. The second-order valence-electron chi connectivity index (χ2n) is 1.81. The van der Waals surface area contributed by atoms with Gasteiger partial charge >= 0.3 is 0 Å². The van der Waals surface area contributed by atoms with Crippen LogP contribution in [0.15, 0.2) is 6.20 Å². The van der Waals surface area contributed by atoms with Crippen LogP contribution in [0.4, 0.5) is 0 Å². The zero-order valence-corrected chi connectivity index (χ0v) is 5.36. The van der Waals surface area contributed by atoms with Gasteiger partial charge in [-0.2, -0.15) is 5.26 Å². The number of hydrogen-bond acceptors (Lipinski definition) is 4. The highest BCUT2D eigenvalue weighted by molar-refractivity contribution is 4.93. The van der Waals surface area contributed by atoms with Gasteiger partial charge in [-0.1, -0.05) is 4.91 Å². The summed E-state index contributed by atoms with van der Waals surface area (Å²) in [6, 6.07) is 2.01. The molecular weight excluding hydrogens is 130 g/mol. The highest BCUT2D eigenvalue weighted by Gasteiger charge is 1.95. The molecule has 0 amide bonds. The molecule has 5 heteroatoms. The van der Waals surface area contributed by atoms with Gasteiger partial charge in [0.25, 0.3) is 0 Å². The molecule has 0 aromatic carbocycles. The lowest BCUT2D eigenvalue weighted by Crippen LogP contribution is -2.11. The molecule has 1 aromatic rings. The van der Waals surface area contributed by atoms with Crippen molar-refractivity contribution in [3.8, 4) is 6.07 Å². The minimum Gasteiger partial charge on any atom is -0.306 e. The largest absolute Gasteiger partial charge is 0.306 e. The summed E-state index contributed by atoms with van der Waals surface area (Å²) in [4.78, 5) is 0.993. The van der Waals surface area contributed by atoms with Crippen molar-refractivity contribution in [3.05, 3.63) is 11.9 Å². The van der Waals surface area contributed by atoms with Gasteiger partial charge < -0.3 is 5.84 Å². The molecule has 5 nitrogen and oxygen atoms in total. The number of nitrogens with zero attached hydrogens (tertiary/aromatic N) is 4. The molecule has 0 bridgehead atoms. The van der Waals surface area contributed by atoms with E-state index >= 15 is 0 Å². The van der Waals surface area contributed by atoms with Crippen LogP contribution in [0.3, 0.4) is 0 Å². The van der Waals surface area contributed by atoms with Crippen LogP contribution >= 0.6 is 0 Å². The molecule has 0 radical (unpaired) electrons. The van der Waals surface area contributed by atoms with Gasteiger partial charge in [0, 0.05) is 12.8 Å². The smallest absolute Gasteiger partial charge is 0.0859 e. The van der Waals surface area contributed by atoms with Crippen molar-refractivity contribution in [2.75, 3.05) is 5.84 Å². The summed E-state index contributed by atoms with van der Waals surface area (Å²) in [5.41, 5.74) is 0.754. The maximum Gasteiger partial charge on any atom is 0.0859 e. The zero-order chi connectivity index (χ0) is 7.40. The van der Waals surface area contributed by atoms with E-state index in [0.717, 1.165) is 10.6 Å². The average molecular weight is 137 g/mol. The predicted molar refractivity (Wildman–Crippen MR) is 34.1 cm³/mol. The molecule has 10 heavy (non-hydrogen) atoms. The maximum absolute atomic E-state index is 8.20. The van der Waals surface area contributed by atoms with Crippen molar-refractivity contribution in [1.82, 2.24) is 15.1 Å². The minimum absolute atomic E-state index is 0.457. The molecule has 0 aliphatic heterocycles. The number of nitrogens with two attached hydrogens (primary N) is 1. The van der Waals surface area contributed by atoms with Gasteiger partial charge in [-0.25, -0.2) is 0 Å². The number of aromatic nitrogens is 3. The molecule has 0 spiro atoms.